The summed E-state index contributed by atoms with van der Waals surface area (Å²) < 4.78 is 12.4. The summed E-state index contributed by atoms with van der Waals surface area (Å²) >= 11 is 6.09. The zero-order chi connectivity index (χ0) is 23.9. The summed E-state index contributed by atoms with van der Waals surface area (Å²) in [6.45, 7) is 1.57. The van der Waals surface area contributed by atoms with Gasteiger partial charge in [-0.05, 0) is 42.7 Å². The van der Waals surface area contributed by atoms with Gasteiger partial charge in [0.25, 0.3) is 0 Å². The molecule has 3 aromatic rings. The van der Waals surface area contributed by atoms with E-state index in [1.165, 1.54) is 0 Å². The van der Waals surface area contributed by atoms with E-state index in [1.54, 1.807) is 41.0 Å². The molecular formula is C24H28ClN5O4. The Morgan fingerprint density at radius 2 is 2.06 bits per heavy atom. The fourth-order valence-corrected chi connectivity index (χ4v) is 4.23. The molecule has 2 atom stereocenters. The molecular weight excluding hydrogens is 458 g/mol. The quantitative estimate of drug-likeness (QED) is 0.443. The highest BCUT2D eigenvalue weighted by molar-refractivity contribution is 6.30. The van der Waals surface area contributed by atoms with Gasteiger partial charge >= 0.3 is 0 Å². The Morgan fingerprint density at radius 3 is 2.79 bits per heavy atom. The second-order valence-corrected chi connectivity index (χ2v) is 8.59. The van der Waals surface area contributed by atoms with E-state index < -0.39 is 6.04 Å². The van der Waals surface area contributed by atoms with Crippen molar-refractivity contribution in [2.75, 3.05) is 33.4 Å². The molecule has 0 radical (unpaired) electrons. The predicted octanol–water partition coefficient (Wildman–Crippen LogP) is 2.60. The number of halogens is 1. The number of methoxy groups -OCH3 is 1. The summed E-state index contributed by atoms with van der Waals surface area (Å²) in [4.78, 5) is 28.7. The lowest BCUT2D eigenvalue weighted by Gasteiger charge is -2.33. The first kappa shape index (κ1) is 24.1. The number of hydrogen-bond acceptors (Lipinski definition) is 6. The van der Waals surface area contributed by atoms with Crippen molar-refractivity contribution >= 4 is 34.4 Å². The molecule has 10 heteroatoms. The SMILES string of the molecule is COCCNC(=O)[C@@H](c1ccc(Cl)cc1)N(C[C@H]1CCCO1)C(=O)Cn1nnc2ccccc21. The minimum atomic E-state index is -0.861. The van der Waals surface area contributed by atoms with E-state index in [0.29, 0.717) is 35.9 Å². The number of rotatable bonds is 10. The number of ether oxygens (including phenoxy) is 2. The highest BCUT2D eigenvalue weighted by Crippen LogP contribution is 2.26. The van der Waals surface area contributed by atoms with Crippen LogP contribution in [-0.4, -0.2) is 71.2 Å². The number of carbonyl (C=O) groups excluding carboxylic acids is 2. The molecule has 0 unspecified atom stereocenters. The maximum absolute atomic E-state index is 13.7. The third-order valence-electron chi connectivity index (χ3n) is 5.80. The molecule has 1 fully saturated rings. The zero-order valence-corrected chi connectivity index (χ0v) is 19.8. The van der Waals surface area contributed by atoms with Crippen LogP contribution < -0.4 is 5.32 Å². The molecule has 2 aromatic carbocycles. The molecule has 0 bridgehead atoms. The third-order valence-corrected chi connectivity index (χ3v) is 6.05. The van der Waals surface area contributed by atoms with Crippen LogP contribution in [0.3, 0.4) is 0 Å². The summed E-state index contributed by atoms with van der Waals surface area (Å²) in [7, 11) is 1.57. The molecule has 180 valence electrons. The van der Waals surface area contributed by atoms with Gasteiger partial charge in [0.1, 0.15) is 18.1 Å². The van der Waals surface area contributed by atoms with E-state index in [0.717, 1.165) is 18.4 Å². The number of nitrogens with one attached hydrogen (secondary N) is 1. The number of para-hydroxylation sites is 1. The van der Waals surface area contributed by atoms with Crippen molar-refractivity contribution in [3.8, 4) is 0 Å². The zero-order valence-electron chi connectivity index (χ0n) is 19.0. The van der Waals surface area contributed by atoms with Gasteiger partial charge in [-0.1, -0.05) is 41.1 Å². The Kier molecular flexibility index (Phi) is 8.10. The van der Waals surface area contributed by atoms with Gasteiger partial charge < -0.3 is 19.7 Å². The summed E-state index contributed by atoms with van der Waals surface area (Å²) in [5.74, 6) is -0.554. The summed E-state index contributed by atoms with van der Waals surface area (Å²) in [6.07, 6.45) is 1.61. The van der Waals surface area contributed by atoms with Crippen molar-refractivity contribution in [3.63, 3.8) is 0 Å². The Morgan fingerprint density at radius 1 is 1.26 bits per heavy atom. The van der Waals surface area contributed by atoms with Gasteiger partial charge in [-0.25, -0.2) is 4.68 Å². The molecule has 1 aliphatic heterocycles. The topological polar surface area (TPSA) is 98.6 Å². The lowest BCUT2D eigenvalue weighted by atomic mass is 10.0. The summed E-state index contributed by atoms with van der Waals surface area (Å²) in [5, 5.41) is 11.7. The van der Waals surface area contributed by atoms with Crippen LogP contribution in [-0.2, 0) is 25.6 Å². The largest absolute Gasteiger partial charge is 0.383 e. The normalized spacial score (nSPS) is 16.5. The molecule has 34 heavy (non-hydrogen) atoms. The van der Waals surface area contributed by atoms with Gasteiger partial charge in [-0.15, -0.1) is 5.10 Å². The van der Waals surface area contributed by atoms with Crippen LogP contribution in [0.25, 0.3) is 11.0 Å². The number of amides is 2. The van der Waals surface area contributed by atoms with E-state index in [1.807, 2.05) is 24.3 Å². The highest BCUT2D eigenvalue weighted by Gasteiger charge is 2.34. The van der Waals surface area contributed by atoms with Crippen molar-refractivity contribution in [2.45, 2.75) is 31.5 Å². The maximum atomic E-state index is 13.7. The first-order valence-electron chi connectivity index (χ1n) is 11.3. The Balaban J connectivity index is 1.66. The maximum Gasteiger partial charge on any atom is 0.247 e. The van der Waals surface area contributed by atoms with Crippen LogP contribution in [0.5, 0.6) is 0 Å². The van der Waals surface area contributed by atoms with Gasteiger partial charge in [0.2, 0.25) is 11.8 Å². The molecule has 2 heterocycles. The van der Waals surface area contributed by atoms with Crippen molar-refractivity contribution in [1.82, 2.24) is 25.2 Å². The van der Waals surface area contributed by atoms with Gasteiger partial charge in [0.05, 0.1) is 18.2 Å². The molecule has 9 nitrogen and oxygen atoms in total. The lowest BCUT2D eigenvalue weighted by Crippen LogP contribution is -2.48. The number of hydrogen-bond donors (Lipinski definition) is 1. The van der Waals surface area contributed by atoms with E-state index in [2.05, 4.69) is 15.6 Å². The van der Waals surface area contributed by atoms with Crippen LogP contribution in [0.15, 0.2) is 48.5 Å². The van der Waals surface area contributed by atoms with Gasteiger partial charge in [0.15, 0.2) is 0 Å². The highest BCUT2D eigenvalue weighted by atomic mass is 35.5. The second-order valence-electron chi connectivity index (χ2n) is 8.15. The molecule has 4 rings (SSSR count). The fraction of sp³-hybridized carbons (Fsp3) is 0.417. The van der Waals surface area contributed by atoms with E-state index in [4.69, 9.17) is 21.1 Å². The molecule has 0 saturated carbocycles. The van der Waals surface area contributed by atoms with Crippen molar-refractivity contribution < 1.29 is 19.1 Å². The first-order valence-corrected chi connectivity index (χ1v) is 11.7. The Labute approximate surface area is 203 Å². The predicted molar refractivity (Wildman–Crippen MR) is 127 cm³/mol. The van der Waals surface area contributed by atoms with Gasteiger partial charge in [-0.3, -0.25) is 9.59 Å². The molecule has 1 aliphatic rings. The summed E-state index contributed by atoms with van der Waals surface area (Å²) in [5.41, 5.74) is 2.11. The van der Waals surface area contributed by atoms with Crippen molar-refractivity contribution in [3.05, 3.63) is 59.1 Å². The van der Waals surface area contributed by atoms with Crippen LogP contribution in [0.2, 0.25) is 5.02 Å². The Hall–Kier alpha value is -3.01. The molecule has 1 aromatic heterocycles. The summed E-state index contributed by atoms with van der Waals surface area (Å²) in [6, 6.07) is 13.5. The number of nitrogens with zero attached hydrogens (tertiary/aromatic N) is 4. The molecule has 1 N–H and O–H groups in total. The van der Waals surface area contributed by atoms with Crippen LogP contribution >= 0.6 is 11.6 Å². The minimum absolute atomic E-state index is 0.0529. The molecule has 0 spiro atoms. The van der Waals surface area contributed by atoms with E-state index in [-0.39, 0.29) is 31.0 Å². The number of benzene rings is 2. The van der Waals surface area contributed by atoms with E-state index >= 15 is 0 Å². The second kappa shape index (κ2) is 11.4. The van der Waals surface area contributed by atoms with Gasteiger partial charge in [0, 0.05) is 31.8 Å². The smallest absolute Gasteiger partial charge is 0.247 e. The molecule has 2 amide bonds. The first-order chi connectivity index (χ1) is 16.6. The van der Waals surface area contributed by atoms with Crippen molar-refractivity contribution in [1.29, 1.82) is 0 Å². The number of fused-ring (bicyclic) bond motifs is 1. The van der Waals surface area contributed by atoms with Crippen LogP contribution in [0.1, 0.15) is 24.4 Å². The average Bonchev–Trinajstić information content (AvgIpc) is 3.50. The number of carbonyl (C=O) groups is 2. The lowest BCUT2D eigenvalue weighted by molar-refractivity contribution is -0.143. The van der Waals surface area contributed by atoms with Crippen molar-refractivity contribution in [2.24, 2.45) is 0 Å². The minimum Gasteiger partial charge on any atom is -0.383 e. The van der Waals surface area contributed by atoms with Crippen LogP contribution in [0.4, 0.5) is 0 Å². The van der Waals surface area contributed by atoms with E-state index in [9.17, 15) is 9.59 Å². The van der Waals surface area contributed by atoms with Crippen LogP contribution in [0, 0.1) is 0 Å². The van der Waals surface area contributed by atoms with Gasteiger partial charge in [-0.2, -0.15) is 0 Å². The molecule has 0 aliphatic carbocycles. The third kappa shape index (κ3) is 5.72. The standard InChI is InChI=1S/C24H28ClN5O4/c1-33-14-12-26-24(32)23(17-8-10-18(25)11-9-17)29(15-19-5-4-13-34-19)22(31)16-30-21-7-3-2-6-20(21)27-28-30/h2-3,6-11,19,23H,4-5,12-16H2,1H3,(H,26,32)/t19-,23-/m1/s1. The Bertz CT molecular complexity index is 1110. The monoisotopic (exact) mass is 485 g/mol. The fourth-order valence-electron chi connectivity index (χ4n) is 4.10. The average molecular weight is 486 g/mol. The molecule has 1 saturated heterocycles. The number of aromatic nitrogens is 3.